The van der Waals surface area contributed by atoms with E-state index in [4.69, 9.17) is 14.1 Å². The van der Waals surface area contributed by atoms with Crippen LogP contribution in [0.4, 0.5) is 10.7 Å². The van der Waals surface area contributed by atoms with Crippen molar-refractivity contribution in [3.05, 3.63) is 81.7 Å². The zero-order valence-electron chi connectivity index (χ0n) is 18.1. The van der Waals surface area contributed by atoms with Crippen LogP contribution in [0, 0.1) is 11.3 Å². The number of nitrogens with zero attached hydrogens (tertiary/aromatic N) is 2. The molecule has 164 valence electrons. The van der Waals surface area contributed by atoms with Gasteiger partial charge in [0.1, 0.15) is 28.0 Å². The molecule has 2 aromatic carbocycles. The number of thiophene rings is 1. The van der Waals surface area contributed by atoms with Crippen LogP contribution in [0.15, 0.2) is 64.0 Å². The lowest BCUT2D eigenvalue weighted by molar-refractivity contribution is 0.102. The molecule has 6 nitrogen and oxygen atoms in total. The highest BCUT2D eigenvalue weighted by Gasteiger charge is 2.21. The highest BCUT2D eigenvalue weighted by atomic mass is 32.1. The van der Waals surface area contributed by atoms with Crippen LogP contribution in [0.25, 0.3) is 11.0 Å². The van der Waals surface area contributed by atoms with Gasteiger partial charge in [-0.2, -0.15) is 5.26 Å². The Labute approximate surface area is 194 Å². The Morgan fingerprint density at radius 1 is 1.15 bits per heavy atom. The summed E-state index contributed by atoms with van der Waals surface area (Å²) in [5.74, 6) is 0.322. The summed E-state index contributed by atoms with van der Waals surface area (Å²) in [6, 6.07) is 18.7. The lowest BCUT2D eigenvalue weighted by atomic mass is 9.96. The highest BCUT2D eigenvalue weighted by molar-refractivity contribution is 7.16. The number of nitriles is 1. The fraction of sp³-hybridized carbons (Fsp3) is 0.192. The minimum atomic E-state index is -0.340. The summed E-state index contributed by atoms with van der Waals surface area (Å²) in [5, 5.41) is 14.0. The van der Waals surface area contributed by atoms with Gasteiger partial charge in [-0.1, -0.05) is 18.2 Å². The number of carbonyl (C=O) groups excluding carboxylic acids is 1. The monoisotopic (exact) mass is 455 g/mol. The van der Waals surface area contributed by atoms with Crippen molar-refractivity contribution in [2.24, 2.45) is 4.99 Å². The molecule has 0 saturated carbocycles. The minimum absolute atomic E-state index is 0.177. The van der Waals surface area contributed by atoms with Gasteiger partial charge in [-0.15, -0.1) is 11.3 Å². The van der Waals surface area contributed by atoms with Gasteiger partial charge in [0.25, 0.3) is 5.91 Å². The van der Waals surface area contributed by atoms with Crippen molar-refractivity contribution in [2.45, 2.75) is 25.7 Å². The molecule has 0 aliphatic heterocycles. The number of aryl methyl sites for hydroxylation is 1. The van der Waals surface area contributed by atoms with Gasteiger partial charge in [0.2, 0.25) is 5.55 Å². The Hall–Kier alpha value is -3.89. The summed E-state index contributed by atoms with van der Waals surface area (Å²) >= 11 is 1.52. The highest BCUT2D eigenvalue weighted by Crippen LogP contribution is 2.39. The molecule has 0 bridgehead atoms. The average Bonchev–Trinajstić information content (AvgIpc) is 3.20. The SMILES string of the molecule is COc1ccc2o/c(=N\c3sc4c(c3C#N)CCCC4)c(C(=O)Nc3ccccc3)cc2c1. The Morgan fingerprint density at radius 2 is 1.97 bits per heavy atom. The smallest absolute Gasteiger partial charge is 0.261 e. The summed E-state index contributed by atoms with van der Waals surface area (Å²) in [6.45, 7) is 0. The van der Waals surface area contributed by atoms with Crippen molar-refractivity contribution in [1.82, 2.24) is 0 Å². The van der Waals surface area contributed by atoms with Crippen LogP contribution in [-0.4, -0.2) is 13.0 Å². The lowest BCUT2D eigenvalue weighted by Crippen LogP contribution is -2.21. The molecule has 4 aromatic rings. The number of benzene rings is 2. The maximum atomic E-state index is 13.2. The number of nitrogens with one attached hydrogen (secondary N) is 1. The molecule has 1 amide bonds. The molecule has 1 N–H and O–H groups in total. The van der Waals surface area contributed by atoms with E-state index in [9.17, 15) is 10.1 Å². The van der Waals surface area contributed by atoms with E-state index >= 15 is 0 Å². The van der Waals surface area contributed by atoms with Crippen molar-refractivity contribution >= 4 is 38.9 Å². The molecule has 0 fully saturated rings. The number of methoxy groups -OCH3 is 1. The fourth-order valence-electron chi connectivity index (χ4n) is 4.04. The number of hydrogen-bond donors (Lipinski definition) is 1. The van der Waals surface area contributed by atoms with Gasteiger partial charge < -0.3 is 14.5 Å². The second-order valence-electron chi connectivity index (χ2n) is 7.80. The minimum Gasteiger partial charge on any atom is -0.497 e. The van der Waals surface area contributed by atoms with Crippen molar-refractivity contribution in [3.63, 3.8) is 0 Å². The first-order valence-electron chi connectivity index (χ1n) is 10.7. The topological polar surface area (TPSA) is 87.6 Å². The van der Waals surface area contributed by atoms with E-state index in [0.29, 0.717) is 27.6 Å². The van der Waals surface area contributed by atoms with Crippen LogP contribution in [0.3, 0.4) is 0 Å². The average molecular weight is 456 g/mol. The number of ether oxygens (including phenoxy) is 1. The third-order valence-electron chi connectivity index (χ3n) is 5.70. The lowest BCUT2D eigenvalue weighted by Gasteiger charge is -2.09. The maximum absolute atomic E-state index is 13.2. The molecule has 33 heavy (non-hydrogen) atoms. The summed E-state index contributed by atoms with van der Waals surface area (Å²) in [6.07, 6.45) is 4.04. The number of anilines is 1. The van der Waals surface area contributed by atoms with Crippen LogP contribution in [0.1, 0.15) is 39.2 Å². The Bertz CT molecular complexity index is 1460. The largest absolute Gasteiger partial charge is 0.497 e. The molecule has 0 spiro atoms. The van der Waals surface area contributed by atoms with E-state index in [2.05, 4.69) is 11.4 Å². The van der Waals surface area contributed by atoms with Crippen molar-refractivity contribution in [2.75, 3.05) is 12.4 Å². The van der Waals surface area contributed by atoms with E-state index in [-0.39, 0.29) is 17.0 Å². The molecule has 2 heterocycles. The molecule has 2 aromatic heterocycles. The first-order chi connectivity index (χ1) is 16.2. The molecule has 0 saturated heterocycles. The molecule has 1 aliphatic carbocycles. The predicted molar refractivity (Wildman–Crippen MR) is 128 cm³/mol. The number of fused-ring (bicyclic) bond motifs is 2. The second-order valence-corrected chi connectivity index (χ2v) is 8.89. The van der Waals surface area contributed by atoms with Gasteiger partial charge in [0, 0.05) is 16.0 Å². The van der Waals surface area contributed by atoms with Gasteiger partial charge in [0.15, 0.2) is 0 Å². The Kier molecular flexibility index (Phi) is 5.68. The summed E-state index contributed by atoms with van der Waals surface area (Å²) in [7, 11) is 1.59. The Morgan fingerprint density at radius 3 is 2.76 bits per heavy atom. The standard InChI is InChI=1S/C26H21N3O3S/c1-31-18-11-12-22-16(13-18)14-20(24(30)28-17-7-3-2-4-8-17)25(32-22)29-26-21(15-27)19-9-5-6-10-23(19)33-26/h2-4,7-8,11-14H,5-6,9-10H2,1H3,(H,28,30)/b29-25-. The molecular weight excluding hydrogens is 434 g/mol. The van der Waals surface area contributed by atoms with Crippen LogP contribution in [0.5, 0.6) is 5.75 Å². The van der Waals surface area contributed by atoms with Crippen molar-refractivity contribution in [3.8, 4) is 11.8 Å². The third-order valence-corrected chi connectivity index (χ3v) is 6.88. The van der Waals surface area contributed by atoms with E-state index in [1.165, 1.54) is 16.2 Å². The molecule has 0 atom stereocenters. The molecule has 5 rings (SSSR count). The van der Waals surface area contributed by atoms with E-state index in [1.807, 2.05) is 36.4 Å². The predicted octanol–water partition coefficient (Wildman–Crippen LogP) is 5.74. The maximum Gasteiger partial charge on any atom is 0.261 e. The summed E-state index contributed by atoms with van der Waals surface area (Å²) in [4.78, 5) is 19.2. The fourth-order valence-corrected chi connectivity index (χ4v) is 5.25. The number of carbonyl (C=O) groups is 1. The third kappa shape index (κ3) is 4.13. The number of rotatable bonds is 4. The molecule has 0 radical (unpaired) electrons. The van der Waals surface area contributed by atoms with Gasteiger partial charge in [-0.25, -0.2) is 4.99 Å². The normalized spacial score (nSPS) is 13.4. The first-order valence-corrected chi connectivity index (χ1v) is 11.6. The van der Waals surface area contributed by atoms with Crippen LogP contribution in [0.2, 0.25) is 0 Å². The zero-order valence-corrected chi connectivity index (χ0v) is 18.9. The zero-order chi connectivity index (χ0) is 22.8. The van der Waals surface area contributed by atoms with E-state index in [0.717, 1.165) is 36.6 Å². The second kappa shape index (κ2) is 8.93. The quantitative estimate of drug-likeness (QED) is 0.425. The molecule has 1 aliphatic rings. The van der Waals surface area contributed by atoms with Gasteiger partial charge in [-0.3, -0.25) is 4.79 Å². The number of hydrogen-bond acceptors (Lipinski definition) is 6. The first kappa shape index (κ1) is 21.0. The van der Waals surface area contributed by atoms with Crippen LogP contribution < -0.4 is 15.6 Å². The van der Waals surface area contributed by atoms with Crippen LogP contribution in [-0.2, 0) is 12.8 Å². The van der Waals surface area contributed by atoms with Crippen molar-refractivity contribution in [1.29, 1.82) is 5.26 Å². The van der Waals surface area contributed by atoms with Gasteiger partial charge in [0.05, 0.1) is 12.7 Å². The van der Waals surface area contributed by atoms with E-state index < -0.39 is 0 Å². The van der Waals surface area contributed by atoms with Crippen molar-refractivity contribution < 1.29 is 13.9 Å². The van der Waals surface area contributed by atoms with E-state index in [1.54, 1.807) is 25.3 Å². The molecule has 7 heteroatoms. The summed E-state index contributed by atoms with van der Waals surface area (Å²) in [5.41, 5.74) is 3.39. The number of amides is 1. The van der Waals surface area contributed by atoms with Gasteiger partial charge >= 0.3 is 0 Å². The number of para-hydroxylation sites is 1. The Balaban J connectivity index is 1.69. The van der Waals surface area contributed by atoms with Gasteiger partial charge in [-0.05, 0) is 67.6 Å². The molecular formula is C26H21N3O3S. The molecule has 0 unspecified atom stereocenters. The van der Waals surface area contributed by atoms with Crippen LogP contribution >= 0.6 is 11.3 Å². The summed E-state index contributed by atoms with van der Waals surface area (Å²) < 4.78 is 11.4.